The highest BCUT2D eigenvalue weighted by Gasteiger charge is 2.64. The second-order valence-electron chi connectivity index (χ2n) is 13.7. The van der Waals surface area contributed by atoms with Gasteiger partial charge in [-0.25, -0.2) is 9.78 Å². The van der Waals surface area contributed by atoms with Crippen molar-refractivity contribution in [1.29, 1.82) is 5.26 Å². The zero-order valence-corrected chi connectivity index (χ0v) is 28.3. The maximum Gasteiger partial charge on any atom is 0.328 e. The van der Waals surface area contributed by atoms with E-state index in [9.17, 15) is 14.4 Å². The lowest BCUT2D eigenvalue weighted by atomic mass is 9.49. The number of aromatic nitrogens is 2. The van der Waals surface area contributed by atoms with Crippen molar-refractivity contribution < 1.29 is 19.1 Å². The molecule has 0 atom stereocenters. The third kappa shape index (κ3) is 6.53. The molecule has 250 valence electrons. The zero-order valence-electron chi connectivity index (χ0n) is 27.5. The van der Waals surface area contributed by atoms with E-state index in [-0.39, 0.29) is 41.2 Å². The Bertz CT molecular complexity index is 1730. The summed E-state index contributed by atoms with van der Waals surface area (Å²) in [5, 5.41) is 15.1. The molecule has 1 aliphatic carbocycles. The van der Waals surface area contributed by atoms with Crippen LogP contribution in [0.4, 0.5) is 16.3 Å². The first-order chi connectivity index (χ1) is 22.9. The average molecular weight is 671 g/mol. The number of hydrogen-bond donors (Lipinski definition) is 2. The molecule has 4 heterocycles. The van der Waals surface area contributed by atoms with Crippen molar-refractivity contribution in [2.75, 3.05) is 42.5 Å². The molecule has 1 saturated carbocycles. The topological polar surface area (TPSA) is 144 Å². The Morgan fingerprint density at radius 1 is 1.02 bits per heavy atom. The third-order valence-electron chi connectivity index (χ3n) is 9.70. The standard InChI is InChI=1S/C35H39ClN8O4/c1-34(2)31(35(3,4)32(34)48-26-9-5-22(18-37)27(36)17-26)41-30(46)23-6-10-28(39-19-23)43-15-13-42(14-16-43)21-24-7-8-25(20-38-24)44-12-11-29(45)40-33(44)47/h5-10,17,19-20,31-32H,11-16,21H2,1-4H3,(H,41,46)(H,40,45,47). The molecule has 13 heteroatoms. The van der Waals surface area contributed by atoms with Crippen molar-refractivity contribution in [2.45, 2.75) is 52.8 Å². The van der Waals surface area contributed by atoms with Gasteiger partial charge in [0.05, 0.1) is 33.7 Å². The first kappa shape index (κ1) is 33.2. The fourth-order valence-corrected chi connectivity index (χ4v) is 7.57. The van der Waals surface area contributed by atoms with E-state index in [1.165, 1.54) is 4.90 Å². The number of amides is 4. The summed E-state index contributed by atoms with van der Waals surface area (Å²) in [6.45, 7) is 12.6. The van der Waals surface area contributed by atoms with Gasteiger partial charge in [0.15, 0.2) is 0 Å². The van der Waals surface area contributed by atoms with Gasteiger partial charge in [0.1, 0.15) is 23.7 Å². The molecule has 12 nitrogen and oxygen atoms in total. The SMILES string of the molecule is CC1(C)C(NC(=O)c2ccc(N3CCN(Cc4ccc(N5CCC(=O)NC5=O)cn4)CC3)nc2)C(C)(C)C1Oc1ccc(C#N)c(Cl)c1. The van der Waals surface area contributed by atoms with Crippen LogP contribution in [0.2, 0.25) is 5.02 Å². The molecule has 6 rings (SSSR count). The number of anilines is 2. The summed E-state index contributed by atoms with van der Waals surface area (Å²) < 4.78 is 6.34. The predicted octanol–water partition coefficient (Wildman–Crippen LogP) is 4.38. The summed E-state index contributed by atoms with van der Waals surface area (Å²) in [5.41, 5.74) is 1.73. The highest BCUT2D eigenvalue weighted by atomic mass is 35.5. The van der Waals surface area contributed by atoms with E-state index >= 15 is 0 Å². The summed E-state index contributed by atoms with van der Waals surface area (Å²) in [5.74, 6) is 0.971. The number of hydrogen-bond acceptors (Lipinski definition) is 9. The van der Waals surface area contributed by atoms with Gasteiger partial charge in [-0.1, -0.05) is 39.3 Å². The van der Waals surface area contributed by atoms with Crippen LogP contribution >= 0.6 is 11.6 Å². The Balaban J connectivity index is 0.994. The molecule has 48 heavy (non-hydrogen) atoms. The quantitative estimate of drug-likeness (QED) is 0.357. The molecule has 0 bridgehead atoms. The second kappa shape index (κ2) is 13.1. The molecule has 3 aliphatic rings. The van der Waals surface area contributed by atoms with Gasteiger partial charge in [-0.2, -0.15) is 5.26 Å². The lowest BCUT2D eigenvalue weighted by molar-refractivity contribution is -0.164. The lowest BCUT2D eigenvalue weighted by Gasteiger charge is -2.63. The van der Waals surface area contributed by atoms with Crippen LogP contribution in [0.5, 0.6) is 5.75 Å². The maximum absolute atomic E-state index is 13.3. The number of rotatable bonds is 8. The van der Waals surface area contributed by atoms with Crippen LogP contribution in [-0.2, 0) is 11.3 Å². The van der Waals surface area contributed by atoms with Crippen LogP contribution in [0.25, 0.3) is 0 Å². The summed E-state index contributed by atoms with van der Waals surface area (Å²) in [4.78, 5) is 52.1. The van der Waals surface area contributed by atoms with Gasteiger partial charge in [0.25, 0.3) is 5.91 Å². The van der Waals surface area contributed by atoms with Crippen LogP contribution < -0.4 is 25.2 Å². The molecule has 0 radical (unpaired) electrons. The molecule has 0 spiro atoms. The molecule has 1 aromatic carbocycles. The Labute approximate surface area is 285 Å². The first-order valence-electron chi connectivity index (χ1n) is 16.0. The molecule has 3 aromatic rings. The average Bonchev–Trinajstić information content (AvgIpc) is 3.07. The number of carbonyl (C=O) groups is 3. The number of nitriles is 1. The minimum atomic E-state index is -0.419. The van der Waals surface area contributed by atoms with Crippen LogP contribution in [0.3, 0.4) is 0 Å². The normalized spacial score (nSPS) is 21.9. The summed E-state index contributed by atoms with van der Waals surface area (Å²) in [6.07, 6.45) is 3.39. The number of halogens is 1. The van der Waals surface area contributed by atoms with Gasteiger partial charge >= 0.3 is 6.03 Å². The van der Waals surface area contributed by atoms with Gasteiger partial charge in [0.2, 0.25) is 5.91 Å². The number of piperazine rings is 1. The predicted molar refractivity (Wildman–Crippen MR) is 181 cm³/mol. The first-order valence-corrected chi connectivity index (χ1v) is 16.4. The summed E-state index contributed by atoms with van der Waals surface area (Å²) in [6, 6.07) is 14.0. The molecular formula is C35H39ClN8O4. The maximum atomic E-state index is 13.3. The van der Waals surface area contributed by atoms with Crippen molar-refractivity contribution in [2.24, 2.45) is 10.8 Å². The monoisotopic (exact) mass is 670 g/mol. The summed E-state index contributed by atoms with van der Waals surface area (Å²) in [7, 11) is 0. The largest absolute Gasteiger partial charge is 0.489 e. The van der Waals surface area contributed by atoms with Gasteiger partial charge < -0.3 is 15.0 Å². The van der Waals surface area contributed by atoms with Crippen molar-refractivity contribution in [3.8, 4) is 11.8 Å². The number of ether oxygens (including phenoxy) is 1. The van der Waals surface area contributed by atoms with Gasteiger partial charge in [0, 0.05) is 74.8 Å². The fourth-order valence-electron chi connectivity index (χ4n) is 7.36. The molecule has 2 saturated heterocycles. The van der Waals surface area contributed by atoms with Crippen molar-refractivity contribution in [1.82, 2.24) is 25.5 Å². The van der Waals surface area contributed by atoms with E-state index in [0.717, 1.165) is 37.7 Å². The fraction of sp³-hybridized carbons (Fsp3) is 0.429. The van der Waals surface area contributed by atoms with Gasteiger partial charge in [-0.15, -0.1) is 0 Å². The number of benzene rings is 1. The molecule has 3 fully saturated rings. The Kier molecular flexibility index (Phi) is 9.02. The smallest absolute Gasteiger partial charge is 0.328 e. The van der Waals surface area contributed by atoms with E-state index < -0.39 is 6.03 Å². The van der Waals surface area contributed by atoms with E-state index in [0.29, 0.717) is 40.7 Å². The highest BCUT2D eigenvalue weighted by Crippen LogP contribution is 2.55. The number of nitrogens with zero attached hydrogens (tertiary/aromatic N) is 6. The number of urea groups is 1. The Morgan fingerprint density at radius 2 is 1.77 bits per heavy atom. The van der Waals surface area contributed by atoms with Gasteiger partial charge in [-0.3, -0.25) is 29.7 Å². The van der Waals surface area contributed by atoms with Crippen LogP contribution in [0.15, 0.2) is 54.9 Å². The molecule has 0 unspecified atom stereocenters. The van der Waals surface area contributed by atoms with E-state index in [1.807, 2.05) is 24.3 Å². The third-order valence-corrected chi connectivity index (χ3v) is 10.0. The highest BCUT2D eigenvalue weighted by molar-refractivity contribution is 6.31. The van der Waals surface area contributed by atoms with Crippen LogP contribution in [0, 0.1) is 22.2 Å². The Hall–Kier alpha value is -4.73. The number of imide groups is 1. The van der Waals surface area contributed by atoms with Crippen molar-refractivity contribution in [3.05, 3.63) is 76.7 Å². The number of nitrogens with one attached hydrogen (secondary N) is 2. The molecule has 2 N–H and O–H groups in total. The van der Waals surface area contributed by atoms with E-state index in [4.69, 9.17) is 21.6 Å². The van der Waals surface area contributed by atoms with Crippen molar-refractivity contribution >= 4 is 41.0 Å². The minimum Gasteiger partial charge on any atom is -0.489 e. The molecule has 2 aromatic heterocycles. The van der Waals surface area contributed by atoms with E-state index in [2.05, 4.69) is 64.2 Å². The van der Waals surface area contributed by atoms with Gasteiger partial charge in [-0.05, 0) is 36.4 Å². The Morgan fingerprint density at radius 3 is 2.38 bits per heavy atom. The van der Waals surface area contributed by atoms with Crippen LogP contribution in [-0.4, -0.2) is 77.6 Å². The summed E-state index contributed by atoms with van der Waals surface area (Å²) >= 11 is 6.22. The number of carbonyl (C=O) groups excluding carboxylic acids is 3. The minimum absolute atomic E-state index is 0.148. The van der Waals surface area contributed by atoms with Crippen molar-refractivity contribution in [3.63, 3.8) is 0 Å². The second-order valence-corrected chi connectivity index (χ2v) is 14.1. The molecular weight excluding hydrogens is 632 g/mol. The van der Waals surface area contributed by atoms with E-state index in [1.54, 1.807) is 30.6 Å². The zero-order chi connectivity index (χ0) is 34.2. The molecule has 2 aliphatic heterocycles. The van der Waals surface area contributed by atoms with Crippen LogP contribution in [0.1, 0.15) is 55.7 Å². The lowest BCUT2D eigenvalue weighted by Crippen LogP contribution is -2.74. The number of pyridine rings is 2. The molecule has 4 amide bonds.